The Labute approximate surface area is 255 Å². The second-order valence-corrected chi connectivity index (χ2v) is 11.1. The number of pyridine rings is 1. The van der Waals surface area contributed by atoms with Gasteiger partial charge in [0.2, 0.25) is 0 Å². The van der Waals surface area contributed by atoms with Crippen molar-refractivity contribution in [3.63, 3.8) is 0 Å². The number of likely N-dealkylation sites (N-methyl/N-ethyl adjacent to an activating group) is 1. The quantitative estimate of drug-likeness (QED) is 0.356. The molecule has 230 valence electrons. The summed E-state index contributed by atoms with van der Waals surface area (Å²) in [7, 11) is 5.21. The number of carbonyl (C=O) groups is 2. The fourth-order valence-electron chi connectivity index (χ4n) is 5.38. The number of para-hydroxylation sites is 1. The zero-order chi connectivity index (χ0) is 30.9. The zero-order valence-corrected chi connectivity index (χ0v) is 26.3. The minimum atomic E-state index is -0.0958. The van der Waals surface area contributed by atoms with E-state index in [1.54, 1.807) is 12.0 Å². The van der Waals surface area contributed by atoms with Crippen molar-refractivity contribution in [2.45, 2.75) is 39.7 Å². The molecule has 43 heavy (non-hydrogen) atoms. The average molecular weight is 589 g/mol. The van der Waals surface area contributed by atoms with Crippen molar-refractivity contribution in [3.05, 3.63) is 71.4 Å². The van der Waals surface area contributed by atoms with Gasteiger partial charge in [-0.15, -0.1) is 0 Å². The number of rotatable bonds is 8. The number of ether oxygens (including phenoxy) is 3. The predicted octanol–water partition coefficient (Wildman–Crippen LogP) is 5.24. The summed E-state index contributed by atoms with van der Waals surface area (Å²) in [6.07, 6.45) is 0.812. The summed E-state index contributed by atoms with van der Waals surface area (Å²) in [5.41, 5.74) is 4.62. The van der Waals surface area contributed by atoms with Gasteiger partial charge in [-0.1, -0.05) is 32.0 Å². The van der Waals surface area contributed by atoms with Gasteiger partial charge in [0.25, 0.3) is 11.8 Å². The number of hydrogen-bond acceptors (Lipinski definition) is 7. The van der Waals surface area contributed by atoms with Gasteiger partial charge < -0.3 is 28.9 Å². The van der Waals surface area contributed by atoms with Crippen molar-refractivity contribution in [1.29, 1.82) is 0 Å². The van der Waals surface area contributed by atoms with Crippen LogP contribution in [0.2, 0.25) is 0 Å². The number of anilines is 1. The summed E-state index contributed by atoms with van der Waals surface area (Å²) < 4.78 is 16.5. The molecule has 9 heteroatoms. The van der Waals surface area contributed by atoms with E-state index in [9.17, 15) is 9.59 Å². The minimum Gasteiger partial charge on any atom is -0.497 e. The number of fused-ring (bicyclic) bond motifs is 1. The summed E-state index contributed by atoms with van der Waals surface area (Å²) in [5.74, 6) is 1.22. The number of carbonyl (C=O) groups excluding carboxylic acids is 2. The van der Waals surface area contributed by atoms with Gasteiger partial charge in [0, 0.05) is 50.6 Å². The lowest BCUT2D eigenvalue weighted by molar-refractivity contribution is -0.122. The van der Waals surface area contributed by atoms with E-state index in [0.717, 1.165) is 41.2 Å². The van der Waals surface area contributed by atoms with Crippen LogP contribution in [0, 0.1) is 0 Å². The highest BCUT2D eigenvalue weighted by atomic mass is 16.5. The molecule has 2 amide bonds. The molecule has 0 unspecified atom stereocenters. The third-order valence-electron chi connectivity index (χ3n) is 7.64. The first kappa shape index (κ1) is 32.0. The molecular weight excluding hydrogens is 544 g/mol. The Hall–Kier alpha value is -3.95. The third-order valence-corrected chi connectivity index (χ3v) is 7.64. The third kappa shape index (κ3) is 7.72. The minimum absolute atomic E-state index is 0.00178. The molecule has 0 spiro atoms. The van der Waals surface area contributed by atoms with E-state index in [4.69, 9.17) is 19.2 Å². The Morgan fingerprint density at radius 1 is 0.977 bits per heavy atom. The molecule has 1 aromatic heterocycles. The molecular formula is C34H44N4O5. The number of benzene rings is 2. The van der Waals surface area contributed by atoms with E-state index in [1.165, 1.54) is 7.11 Å². The second kappa shape index (κ2) is 15.0. The van der Waals surface area contributed by atoms with E-state index in [2.05, 4.69) is 25.8 Å². The van der Waals surface area contributed by atoms with Gasteiger partial charge in [-0.3, -0.25) is 14.6 Å². The van der Waals surface area contributed by atoms with Gasteiger partial charge in [-0.05, 0) is 68.8 Å². The fourth-order valence-corrected chi connectivity index (χ4v) is 5.38. The molecule has 0 bridgehead atoms. The molecule has 1 aliphatic heterocycles. The Bertz CT molecular complexity index is 1410. The Morgan fingerprint density at radius 2 is 1.77 bits per heavy atom. The largest absolute Gasteiger partial charge is 0.497 e. The summed E-state index contributed by atoms with van der Waals surface area (Å²) >= 11 is 0. The van der Waals surface area contributed by atoms with Crippen molar-refractivity contribution in [2.75, 3.05) is 65.6 Å². The van der Waals surface area contributed by atoms with E-state index in [1.807, 2.05) is 66.4 Å². The molecule has 9 nitrogen and oxygen atoms in total. The number of aromatic nitrogens is 1. The Morgan fingerprint density at radius 3 is 2.49 bits per heavy atom. The van der Waals surface area contributed by atoms with Crippen LogP contribution in [-0.2, 0) is 16.1 Å². The lowest BCUT2D eigenvalue weighted by Gasteiger charge is -2.28. The van der Waals surface area contributed by atoms with Crippen molar-refractivity contribution < 1.29 is 23.8 Å². The molecule has 0 fully saturated rings. The van der Waals surface area contributed by atoms with Crippen LogP contribution in [0.15, 0.2) is 54.6 Å². The molecule has 0 radical (unpaired) electrons. The summed E-state index contributed by atoms with van der Waals surface area (Å²) in [6.45, 7) is 9.56. The Kier molecular flexibility index (Phi) is 11.1. The van der Waals surface area contributed by atoms with Gasteiger partial charge in [-0.25, -0.2) is 0 Å². The van der Waals surface area contributed by atoms with Gasteiger partial charge in [0.05, 0.1) is 30.7 Å². The summed E-state index contributed by atoms with van der Waals surface area (Å²) in [4.78, 5) is 38.3. The van der Waals surface area contributed by atoms with Crippen LogP contribution >= 0.6 is 0 Å². The lowest BCUT2D eigenvalue weighted by Crippen LogP contribution is -2.38. The number of hydrogen-bond donors (Lipinski definition) is 0. The van der Waals surface area contributed by atoms with Crippen LogP contribution in [0.25, 0.3) is 11.3 Å². The van der Waals surface area contributed by atoms with Crippen LogP contribution in [0.3, 0.4) is 0 Å². The van der Waals surface area contributed by atoms with Crippen LogP contribution in [0.1, 0.15) is 54.7 Å². The maximum atomic E-state index is 14.3. The van der Waals surface area contributed by atoms with Gasteiger partial charge in [-0.2, -0.15) is 0 Å². The predicted molar refractivity (Wildman–Crippen MR) is 169 cm³/mol. The van der Waals surface area contributed by atoms with Gasteiger partial charge >= 0.3 is 0 Å². The van der Waals surface area contributed by atoms with Crippen molar-refractivity contribution in [3.8, 4) is 22.8 Å². The van der Waals surface area contributed by atoms with Crippen molar-refractivity contribution >= 4 is 17.5 Å². The molecule has 3 aromatic rings. The molecule has 4 rings (SSSR count). The van der Waals surface area contributed by atoms with Gasteiger partial charge in [0.15, 0.2) is 0 Å². The van der Waals surface area contributed by atoms with E-state index in [-0.39, 0.29) is 24.3 Å². The Balaban J connectivity index is 1.73. The monoisotopic (exact) mass is 588 g/mol. The molecule has 2 aromatic carbocycles. The first-order valence-corrected chi connectivity index (χ1v) is 14.9. The first-order valence-electron chi connectivity index (χ1n) is 14.9. The highest BCUT2D eigenvalue weighted by Crippen LogP contribution is 2.34. The molecule has 1 aliphatic rings. The first-order chi connectivity index (χ1) is 20.8. The number of nitrogens with zero attached hydrogens (tertiary/aromatic N) is 4. The summed E-state index contributed by atoms with van der Waals surface area (Å²) in [6, 6.07) is 17.3. The molecule has 0 saturated carbocycles. The summed E-state index contributed by atoms with van der Waals surface area (Å²) in [5, 5.41) is 0. The highest BCUT2D eigenvalue weighted by molar-refractivity contribution is 5.97. The van der Waals surface area contributed by atoms with Crippen LogP contribution in [-0.4, -0.2) is 87.3 Å². The number of methoxy groups -OCH3 is 2. The van der Waals surface area contributed by atoms with Gasteiger partial charge in [0.1, 0.15) is 18.1 Å². The smallest absolute Gasteiger partial charge is 0.256 e. The van der Waals surface area contributed by atoms with Crippen LogP contribution in [0.4, 0.5) is 5.69 Å². The van der Waals surface area contributed by atoms with Crippen LogP contribution < -0.4 is 14.4 Å². The maximum absolute atomic E-state index is 14.3. The lowest BCUT2D eigenvalue weighted by atomic mass is 9.99. The van der Waals surface area contributed by atoms with Crippen molar-refractivity contribution in [2.24, 2.45) is 0 Å². The van der Waals surface area contributed by atoms with E-state index < -0.39 is 0 Å². The maximum Gasteiger partial charge on any atom is 0.256 e. The number of amides is 2. The average Bonchev–Trinajstić information content (AvgIpc) is 3.04. The van der Waals surface area contributed by atoms with E-state index >= 15 is 0 Å². The van der Waals surface area contributed by atoms with Crippen molar-refractivity contribution in [1.82, 2.24) is 14.8 Å². The normalized spacial score (nSPS) is 14.7. The fraction of sp³-hybridized carbons (Fsp3) is 0.441. The van der Waals surface area contributed by atoms with E-state index in [0.29, 0.717) is 49.8 Å². The molecule has 0 saturated heterocycles. The second-order valence-electron chi connectivity index (χ2n) is 11.1. The molecule has 0 N–H and O–H groups in total. The topological polar surface area (TPSA) is 84.4 Å². The highest BCUT2D eigenvalue weighted by Gasteiger charge is 2.26. The van der Waals surface area contributed by atoms with Crippen LogP contribution in [0.5, 0.6) is 11.5 Å². The SMILES string of the molecule is CCOc1cc(OC)ccc1-c1ccc(C(=O)N2CCN(C)CCCN(C(=O)COC)c3ccccc3C2)c(C(C)C)n1. The zero-order valence-electron chi connectivity index (χ0n) is 26.3. The molecule has 2 heterocycles. The molecule has 0 atom stereocenters. The standard InChI is InChI=1S/C34H44N4O5/c1-7-43-31-21-26(42-6)13-14-27(31)29-16-15-28(33(35-29)24(2)3)34(40)37-20-19-36(4)17-10-18-38(32(39)23-41-5)30-12-9-8-11-25(30)22-37/h8-9,11-16,21,24H,7,10,17-20,22-23H2,1-6H3. The molecule has 0 aliphatic carbocycles.